The number of aliphatic imine (C=N–C) groups is 1. The molecule has 7 nitrogen and oxygen atoms in total. The number of anilines is 2. The second-order valence-electron chi connectivity index (χ2n) is 7.06. The first-order valence-electron chi connectivity index (χ1n) is 9.80. The molecular formula is C20H26N6OS. The second kappa shape index (κ2) is 8.60. The van der Waals surface area contributed by atoms with E-state index in [0.717, 1.165) is 56.4 Å². The summed E-state index contributed by atoms with van der Waals surface area (Å²) in [7, 11) is 0. The third-order valence-corrected chi connectivity index (χ3v) is 6.14. The lowest BCUT2D eigenvalue weighted by Gasteiger charge is -2.35. The molecule has 2 aromatic rings. The summed E-state index contributed by atoms with van der Waals surface area (Å²) < 4.78 is 0. The van der Waals surface area contributed by atoms with Crippen LogP contribution in [0.25, 0.3) is 0 Å². The zero-order valence-electron chi connectivity index (χ0n) is 16.0. The summed E-state index contributed by atoms with van der Waals surface area (Å²) in [6, 6.07) is 8.15. The van der Waals surface area contributed by atoms with Crippen LogP contribution in [0.2, 0.25) is 0 Å². The van der Waals surface area contributed by atoms with Crippen molar-refractivity contribution >= 4 is 34.0 Å². The molecule has 0 atom stereocenters. The van der Waals surface area contributed by atoms with Crippen molar-refractivity contribution in [1.82, 2.24) is 9.88 Å². The number of piperazine rings is 1. The fourth-order valence-corrected chi connectivity index (χ4v) is 4.45. The van der Waals surface area contributed by atoms with Crippen LogP contribution < -0.4 is 15.5 Å². The molecule has 3 heterocycles. The Morgan fingerprint density at radius 2 is 2.00 bits per heavy atom. The van der Waals surface area contributed by atoms with Gasteiger partial charge in [-0.3, -0.25) is 9.79 Å². The lowest BCUT2D eigenvalue weighted by atomic mass is 10.2. The van der Waals surface area contributed by atoms with E-state index in [0.29, 0.717) is 18.9 Å². The van der Waals surface area contributed by atoms with Crippen LogP contribution in [0, 0.1) is 0 Å². The molecular weight excluding hydrogens is 372 g/mol. The van der Waals surface area contributed by atoms with Crippen molar-refractivity contribution < 1.29 is 4.79 Å². The number of aromatic nitrogens is 1. The fraction of sp³-hybridized carbons (Fsp3) is 0.450. The van der Waals surface area contributed by atoms with E-state index in [1.165, 1.54) is 5.56 Å². The molecule has 0 unspecified atom stereocenters. The third kappa shape index (κ3) is 4.11. The number of nitrogens with zero attached hydrogens (tertiary/aromatic N) is 5. The number of para-hydroxylation sites is 1. The average Bonchev–Trinajstić information content (AvgIpc) is 3.41. The van der Waals surface area contributed by atoms with Gasteiger partial charge in [0.15, 0.2) is 11.1 Å². The highest BCUT2D eigenvalue weighted by atomic mass is 32.1. The zero-order valence-corrected chi connectivity index (χ0v) is 16.8. The van der Waals surface area contributed by atoms with Gasteiger partial charge in [-0.1, -0.05) is 18.2 Å². The maximum Gasteiger partial charge on any atom is 0.227 e. The number of benzene rings is 1. The molecule has 2 aliphatic heterocycles. The highest BCUT2D eigenvalue weighted by molar-refractivity contribution is 7.13. The van der Waals surface area contributed by atoms with Crippen LogP contribution in [-0.4, -0.2) is 61.0 Å². The zero-order chi connectivity index (χ0) is 19.3. The molecule has 0 bridgehead atoms. The maximum atomic E-state index is 12.5. The van der Waals surface area contributed by atoms with Gasteiger partial charge in [0, 0.05) is 63.0 Å². The summed E-state index contributed by atoms with van der Waals surface area (Å²) in [5.74, 6) is 0.758. The number of hydrogen-bond donors (Lipinski definition) is 1. The van der Waals surface area contributed by atoms with E-state index in [-0.39, 0.29) is 5.91 Å². The van der Waals surface area contributed by atoms with Gasteiger partial charge >= 0.3 is 0 Å². The quantitative estimate of drug-likeness (QED) is 0.473. The largest absolute Gasteiger partial charge is 0.370 e. The van der Waals surface area contributed by atoms with Crippen LogP contribution in [0.15, 0.2) is 40.8 Å². The van der Waals surface area contributed by atoms with Gasteiger partial charge in [0.2, 0.25) is 5.91 Å². The predicted molar refractivity (Wildman–Crippen MR) is 114 cm³/mol. The first-order chi connectivity index (χ1) is 13.7. The summed E-state index contributed by atoms with van der Waals surface area (Å²) >= 11 is 1.66. The summed E-state index contributed by atoms with van der Waals surface area (Å²) in [4.78, 5) is 27.7. The summed E-state index contributed by atoms with van der Waals surface area (Å²) in [5.41, 5.74) is 8.49. The van der Waals surface area contributed by atoms with Gasteiger partial charge in [0.25, 0.3) is 0 Å². The minimum atomic E-state index is 0.177. The van der Waals surface area contributed by atoms with Gasteiger partial charge in [-0.15, -0.1) is 11.3 Å². The minimum absolute atomic E-state index is 0.177. The van der Waals surface area contributed by atoms with E-state index in [1.54, 1.807) is 11.3 Å². The van der Waals surface area contributed by atoms with Crippen LogP contribution in [0.1, 0.15) is 18.4 Å². The Hall–Kier alpha value is -2.61. The first kappa shape index (κ1) is 18.7. The van der Waals surface area contributed by atoms with Crippen molar-refractivity contribution in [2.75, 3.05) is 49.1 Å². The molecule has 0 aliphatic carbocycles. The lowest BCUT2D eigenvalue weighted by Crippen LogP contribution is -2.51. The lowest BCUT2D eigenvalue weighted by molar-refractivity contribution is -0.118. The molecule has 8 heteroatoms. The third-order valence-electron chi connectivity index (χ3n) is 5.30. The van der Waals surface area contributed by atoms with E-state index in [1.807, 2.05) is 34.7 Å². The van der Waals surface area contributed by atoms with Crippen molar-refractivity contribution in [2.45, 2.75) is 19.3 Å². The van der Waals surface area contributed by atoms with Gasteiger partial charge in [0.05, 0.1) is 0 Å². The maximum absolute atomic E-state index is 12.5. The van der Waals surface area contributed by atoms with Crippen molar-refractivity contribution in [2.24, 2.45) is 10.7 Å². The number of amides is 1. The molecule has 1 aromatic heterocycles. The average molecular weight is 399 g/mol. The van der Waals surface area contributed by atoms with Crippen molar-refractivity contribution in [3.8, 4) is 0 Å². The van der Waals surface area contributed by atoms with E-state index < -0.39 is 0 Å². The molecule has 1 fully saturated rings. The molecule has 148 valence electrons. The number of carbonyl (C=O) groups is 1. The van der Waals surface area contributed by atoms with Gasteiger partial charge < -0.3 is 20.4 Å². The highest BCUT2D eigenvalue weighted by Gasteiger charge is 2.23. The highest BCUT2D eigenvalue weighted by Crippen LogP contribution is 2.28. The van der Waals surface area contributed by atoms with Crippen LogP contribution in [0.4, 0.5) is 10.8 Å². The van der Waals surface area contributed by atoms with E-state index in [9.17, 15) is 4.79 Å². The number of carbonyl (C=O) groups excluding carboxylic acids is 1. The Kier molecular flexibility index (Phi) is 5.76. The molecule has 0 spiro atoms. The van der Waals surface area contributed by atoms with Crippen LogP contribution in [0.3, 0.4) is 0 Å². The van der Waals surface area contributed by atoms with E-state index in [2.05, 4.69) is 25.8 Å². The second-order valence-corrected chi connectivity index (χ2v) is 7.93. The molecule has 1 aromatic carbocycles. The van der Waals surface area contributed by atoms with Crippen molar-refractivity contribution in [3.05, 3.63) is 41.4 Å². The molecule has 28 heavy (non-hydrogen) atoms. The Balaban J connectivity index is 1.20. The smallest absolute Gasteiger partial charge is 0.227 e. The normalized spacial score (nSPS) is 17.1. The summed E-state index contributed by atoms with van der Waals surface area (Å²) in [6.07, 6.45) is 4.00. The van der Waals surface area contributed by atoms with Gasteiger partial charge in [-0.25, -0.2) is 4.98 Å². The molecule has 0 saturated carbocycles. The van der Waals surface area contributed by atoms with Gasteiger partial charge in [0.1, 0.15) is 0 Å². The first-order valence-corrected chi connectivity index (χ1v) is 10.7. The van der Waals surface area contributed by atoms with Crippen molar-refractivity contribution in [3.63, 3.8) is 0 Å². The van der Waals surface area contributed by atoms with Crippen LogP contribution >= 0.6 is 11.3 Å². The number of rotatable bonds is 5. The Labute approximate surface area is 169 Å². The van der Waals surface area contributed by atoms with E-state index >= 15 is 0 Å². The minimum Gasteiger partial charge on any atom is -0.370 e. The topological polar surface area (TPSA) is 78.1 Å². The SMILES string of the molecule is NC(=NCCCC(=O)N1CCc2ccccc21)N1CCN(c2nccs2)CC1. The fourth-order valence-electron chi connectivity index (χ4n) is 3.76. The number of thiazole rings is 1. The van der Waals surface area contributed by atoms with E-state index in [4.69, 9.17) is 5.73 Å². The van der Waals surface area contributed by atoms with Crippen LogP contribution in [-0.2, 0) is 11.2 Å². The molecule has 0 radical (unpaired) electrons. The van der Waals surface area contributed by atoms with Gasteiger partial charge in [-0.2, -0.15) is 0 Å². The molecule has 1 amide bonds. The van der Waals surface area contributed by atoms with Crippen molar-refractivity contribution in [1.29, 1.82) is 0 Å². The number of guanidine groups is 1. The monoisotopic (exact) mass is 398 g/mol. The Morgan fingerprint density at radius 3 is 2.79 bits per heavy atom. The summed E-state index contributed by atoms with van der Waals surface area (Å²) in [5, 5.41) is 3.07. The predicted octanol–water partition coefficient (Wildman–Crippen LogP) is 1.95. The Bertz CT molecular complexity index is 829. The van der Waals surface area contributed by atoms with Gasteiger partial charge in [-0.05, 0) is 24.5 Å². The van der Waals surface area contributed by atoms with Crippen LogP contribution in [0.5, 0.6) is 0 Å². The molecule has 4 rings (SSSR count). The summed E-state index contributed by atoms with van der Waals surface area (Å²) in [6.45, 7) is 4.86. The standard InChI is InChI=1S/C20H26N6OS/c21-19(24-11-13-25(14-12-24)20-23-9-15-28-20)22-8-3-6-18(27)26-10-7-16-4-1-2-5-17(16)26/h1-2,4-5,9,15H,3,6-8,10-14H2,(H2,21,22). The molecule has 1 saturated heterocycles. The number of fused-ring (bicyclic) bond motifs is 1. The molecule has 2 aliphatic rings. The molecule has 2 N–H and O–H groups in total. The number of nitrogens with two attached hydrogens (primary N) is 1. The Morgan fingerprint density at radius 1 is 1.18 bits per heavy atom. The number of hydrogen-bond acceptors (Lipinski definition) is 5.